The minimum atomic E-state index is -4.39. The fourth-order valence-electron chi connectivity index (χ4n) is 1.96. The third kappa shape index (κ3) is 3.74. The first-order chi connectivity index (χ1) is 9.54. The normalized spacial score (nSPS) is 13.8. The number of hydrogen-bond acceptors (Lipinski definition) is 2. The molecule has 0 aliphatic carbocycles. The number of rotatable bonds is 6. The zero-order valence-electron chi connectivity index (χ0n) is 10.6. The summed E-state index contributed by atoms with van der Waals surface area (Å²) in [5.74, 6) is 0. The summed E-state index contributed by atoms with van der Waals surface area (Å²) in [6.07, 6.45) is -4.82. The molecule has 0 saturated carbocycles. The topological polar surface area (TPSA) is 9.23 Å². The van der Waals surface area contributed by atoms with E-state index in [0.29, 0.717) is 11.8 Å². The Labute approximate surface area is 127 Å². The van der Waals surface area contributed by atoms with Gasteiger partial charge in [0.15, 0.2) is 6.10 Å². The molecule has 6 heteroatoms. The summed E-state index contributed by atoms with van der Waals surface area (Å²) < 4.78 is 45.5. The van der Waals surface area contributed by atoms with E-state index in [-0.39, 0.29) is 12.2 Å². The zero-order valence-corrected chi connectivity index (χ0v) is 13.0. The van der Waals surface area contributed by atoms with E-state index in [1.54, 1.807) is 17.5 Å². The number of fused-ring (bicyclic) bond motifs is 1. The summed E-state index contributed by atoms with van der Waals surface area (Å²) in [6, 6.07) is 7.10. The van der Waals surface area contributed by atoms with Crippen LogP contribution >= 0.6 is 27.3 Å². The van der Waals surface area contributed by atoms with Crippen molar-refractivity contribution < 1.29 is 17.9 Å². The lowest BCUT2D eigenvalue weighted by Gasteiger charge is -2.20. The molecule has 0 saturated heterocycles. The van der Waals surface area contributed by atoms with Crippen LogP contribution in [0.5, 0.6) is 0 Å². The van der Waals surface area contributed by atoms with Crippen LogP contribution in [0.3, 0.4) is 0 Å². The number of halogens is 4. The molecule has 0 radical (unpaired) electrons. The second kappa shape index (κ2) is 6.91. The molecule has 2 rings (SSSR count). The minimum Gasteiger partial charge on any atom is -0.364 e. The molecule has 1 nitrogen and oxygen atoms in total. The highest BCUT2D eigenvalue weighted by Gasteiger charge is 2.42. The number of benzene rings is 1. The first kappa shape index (κ1) is 15.8. The van der Waals surface area contributed by atoms with Crippen LogP contribution in [-0.2, 0) is 4.74 Å². The Morgan fingerprint density at radius 2 is 1.95 bits per heavy atom. The van der Waals surface area contributed by atoms with Gasteiger partial charge in [0.25, 0.3) is 0 Å². The Bertz CT molecular complexity index is 553. The Hall–Kier alpha value is -0.590. The van der Waals surface area contributed by atoms with Crippen LogP contribution in [0.25, 0.3) is 10.1 Å². The maximum Gasteiger partial charge on any atom is 0.418 e. The lowest BCUT2D eigenvalue weighted by molar-refractivity contribution is -0.223. The number of ether oxygens (including phenoxy) is 1. The van der Waals surface area contributed by atoms with Gasteiger partial charge in [-0.25, -0.2) is 0 Å². The molecule has 0 fully saturated rings. The van der Waals surface area contributed by atoms with Gasteiger partial charge in [-0.1, -0.05) is 34.1 Å². The molecule has 0 N–H and O–H groups in total. The zero-order chi connectivity index (χ0) is 14.6. The molecule has 1 heterocycles. The van der Waals surface area contributed by atoms with Crippen molar-refractivity contribution in [2.24, 2.45) is 0 Å². The van der Waals surface area contributed by atoms with E-state index in [4.69, 9.17) is 4.74 Å². The third-order valence-electron chi connectivity index (χ3n) is 2.90. The highest BCUT2D eigenvalue weighted by atomic mass is 79.9. The van der Waals surface area contributed by atoms with E-state index in [2.05, 4.69) is 15.9 Å². The molecule has 2 aromatic rings. The summed E-state index contributed by atoms with van der Waals surface area (Å²) in [5, 5.41) is 2.95. The van der Waals surface area contributed by atoms with Crippen LogP contribution in [0, 0.1) is 0 Å². The Morgan fingerprint density at radius 1 is 1.20 bits per heavy atom. The van der Waals surface area contributed by atoms with Gasteiger partial charge in [-0.3, -0.25) is 0 Å². The van der Waals surface area contributed by atoms with Crippen molar-refractivity contribution in [3.63, 3.8) is 0 Å². The average Bonchev–Trinajstić information content (AvgIpc) is 2.81. The number of hydrogen-bond donors (Lipinski definition) is 0. The largest absolute Gasteiger partial charge is 0.418 e. The summed E-state index contributed by atoms with van der Waals surface area (Å²) in [7, 11) is 0. The average molecular weight is 367 g/mol. The highest BCUT2D eigenvalue weighted by Crippen LogP contribution is 2.41. The van der Waals surface area contributed by atoms with Gasteiger partial charge < -0.3 is 4.74 Å². The SMILES string of the molecule is FC(F)(F)C(OCCCCBr)c1csc2ccccc12. The van der Waals surface area contributed by atoms with E-state index < -0.39 is 12.3 Å². The van der Waals surface area contributed by atoms with E-state index in [1.807, 2.05) is 12.1 Å². The predicted molar refractivity (Wildman–Crippen MR) is 79.6 cm³/mol. The molecule has 1 atom stereocenters. The first-order valence-corrected chi connectivity index (χ1v) is 8.24. The molecule has 20 heavy (non-hydrogen) atoms. The van der Waals surface area contributed by atoms with Crippen molar-refractivity contribution in [3.8, 4) is 0 Å². The second-order valence-electron chi connectivity index (χ2n) is 4.38. The smallest absolute Gasteiger partial charge is 0.364 e. The summed E-state index contributed by atoms with van der Waals surface area (Å²) in [6.45, 7) is 0.111. The molecule has 0 amide bonds. The molecular formula is C14H14BrF3OS. The number of unbranched alkanes of at least 4 members (excludes halogenated alkanes) is 1. The van der Waals surface area contributed by atoms with Gasteiger partial charge in [0.2, 0.25) is 0 Å². The quantitative estimate of drug-likeness (QED) is 0.470. The fourth-order valence-corrected chi connectivity index (χ4v) is 3.33. The summed E-state index contributed by atoms with van der Waals surface area (Å²) in [5.41, 5.74) is 0.219. The summed E-state index contributed by atoms with van der Waals surface area (Å²) >= 11 is 4.57. The molecule has 1 aromatic carbocycles. The molecule has 0 bridgehead atoms. The molecule has 0 aliphatic heterocycles. The van der Waals surface area contributed by atoms with Gasteiger partial charge >= 0.3 is 6.18 Å². The van der Waals surface area contributed by atoms with Gasteiger partial charge in [0.05, 0.1) is 0 Å². The van der Waals surface area contributed by atoms with Gasteiger partial charge in [-0.2, -0.15) is 13.2 Å². The maximum atomic E-state index is 13.2. The van der Waals surface area contributed by atoms with Crippen molar-refractivity contribution in [2.45, 2.75) is 25.1 Å². The Morgan fingerprint density at radius 3 is 2.65 bits per heavy atom. The lowest BCUT2D eigenvalue weighted by atomic mass is 10.1. The van der Waals surface area contributed by atoms with Gasteiger partial charge in [-0.15, -0.1) is 11.3 Å². The van der Waals surface area contributed by atoms with Crippen LogP contribution in [0.2, 0.25) is 0 Å². The van der Waals surface area contributed by atoms with Crippen molar-refractivity contribution in [3.05, 3.63) is 35.2 Å². The van der Waals surface area contributed by atoms with Crippen LogP contribution in [0.15, 0.2) is 29.6 Å². The van der Waals surface area contributed by atoms with E-state index >= 15 is 0 Å². The lowest BCUT2D eigenvalue weighted by Crippen LogP contribution is -2.23. The van der Waals surface area contributed by atoms with Crippen LogP contribution in [0.4, 0.5) is 13.2 Å². The molecular weight excluding hydrogens is 353 g/mol. The van der Waals surface area contributed by atoms with Crippen LogP contribution in [-0.4, -0.2) is 18.1 Å². The van der Waals surface area contributed by atoms with Gasteiger partial charge in [0, 0.05) is 22.2 Å². The monoisotopic (exact) mass is 366 g/mol. The molecule has 1 aromatic heterocycles. The minimum absolute atomic E-state index is 0.111. The van der Waals surface area contributed by atoms with Crippen LogP contribution < -0.4 is 0 Å². The van der Waals surface area contributed by atoms with Crippen molar-refractivity contribution in [1.82, 2.24) is 0 Å². The standard InChI is InChI=1S/C14H14BrF3OS/c15-7-3-4-8-19-13(14(16,17)18)11-9-20-12-6-2-1-5-10(11)12/h1-2,5-6,9,13H,3-4,7-8H2. The highest BCUT2D eigenvalue weighted by molar-refractivity contribution is 9.09. The Kier molecular flexibility index (Phi) is 5.46. The number of alkyl halides is 4. The summed E-state index contributed by atoms with van der Waals surface area (Å²) in [4.78, 5) is 0. The Balaban J connectivity index is 2.22. The number of thiophene rings is 1. The van der Waals surface area contributed by atoms with E-state index in [0.717, 1.165) is 16.5 Å². The van der Waals surface area contributed by atoms with E-state index in [9.17, 15) is 13.2 Å². The predicted octanol–water partition coefficient (Wildman–Crippen LogP) is 5.70. The van der Waals surface area contributed by atoms with E-state index in [1.165, 1.54) is 11.3 Å². The van der Waals surface area contributed by atoms with Gasteiger partial charge in [0.1, 0.15) is 0 Å². The molecule has 0 spiro atoms. The van der Waals surface area contributed by atoms with Crippen molar-refractivity contribution in [2.75, 3.05) is 11.9 Å². The third-order valence-corrected chi connectivity index (χ3v) is 4.45. The molecule has 0 aliphatic rings. The molecule has 1 unspecified atom stereocenters. The second-order valence-corrected chi connectivity index (χ2v) is 6.08. The van der Waals surface area contributed by atoms with Gasteiger partial charge in [-0.05, 0) is 29.7 Å². The maximum absolute atomic E-state index is 13.2. The fraction of sp³-hybridized carbons (Fsp3) is 0.429. The van der Waals surface area contributed by atoms with Crippen molar-refractivity contribution in [1.29, 1.82) is 0 Å². The van der Waals surface area contributed by atoms with Crippen LogP contribution in [0.1, 0.15) is 24.5 Å². The first-order valence-electron chi connectivity index (χ1n) is 6.24. The van der Waals surface area contributed by atoms with Crippen molar-refractivity contribution >= 4 is 37.4 Å². The molecule has 110 valence electrons.